The third-order valence-corrected chi connectivity index (χ3v) is 3.13. The molecule has 1 rings (SSSR count). The van der Waals surface area contributed by atoms with E-state index in [0.29, 0.717) is 6.61 Å². The number of benzene rings is 1. The Morgan fingerprint density at radius 1 is 1.39 bits per heavy atom. The van der Waals surface area contributed by atoms with Crippen molar-refractivity contribution >= 4 is 5.97 Å². The number of carboxylic acid groups (broad SMARTS) is 1. The number of hydrogen-bond acceptors (Lipinski definition) is 3. The zero-order valence-electron chi connectivity index (χ0n) is 11.1. The lowest BCUT2D eigenvalue weighted by molar-refractivity contribution is -0.138. The second-order valence-corrected chi connectivity index (χ2v) is 5.07. The Labute approximate surface area is 108 Å². The summed E-state index contributed by atoms with van der Waals surface area (Å²) in [5.41, 5.74) is 7.25. The molecule has 0 spiro atoms. The van der Waals surface area contributed by atoms with Gasteiger partial charge in [-0.2, -0.15) is 0 Å². The van der Waals surface area contributed by atoms with Crippen molar-refractivity contribution in [2.45, 2.75) is 25.2 Å². The van der Waals surface area contributed by atoms with Gasteiger partial charge in [-0.25, -0.2) is 0 Å². The third kappa shape index (κ3) is 3.31. The van der Waals surface area contributed by atoms with Crippen LogP contribution in [0.15, 0.2) is 24.3 Å². The summed E-state index contributed by atoms with van der Waals surface area (Å²) in [6, 6.07) is 7.55. The highest BCUT2D eigenvalue weighted by atomic mass is 16.5. The molecule has 100 valence electrons. The van der Waals surface area contributed by atoms with E-state index < -0.39 is 11.9 Å². The number of ether oxygens (including phenoxy) is 1. The van der Waals surface area contributed by atoms with Gasteiger partial charge in [0.05, 0.1) is 12.5 Å². The molecule has 0 aliphatic rings. The molecular formula is C14H21NO3. The Morgan fingerprint density at radius 2 is 1.94 bits per heavy atom. The van der Waals surface area contributed by atoms with Gasteiger partial charge in [-0.15, -0.1) is 0 Å². The SMILES string of the molecule is COCC(C)(C)c1ccc(C(CN)C(=O)O)cc1. The number of methoxy groups -OCH3 is 1. The average molecular weight is 251 g/mol. The molecule has 0 bridgehead atoms. The van der Waals surface area contributed by atoms with E-state index in [0.717, 1.165) is 11.1 Å². The van der Waals surface area contributed by atoms with Gasteiger partial charge in [0, 0.05) is 19.1 Å². The molecule has 0 radical (unpaired) electrons. The van der Waals surface area contributed by atoms with Gasteiger partial charge in [-0.1, -0.05) is 38.1 Å². The second kappa shape index (κ2) is 5.98. The van der Waals surface area contributed by atoms with Crippen molar-refractivity contribution in [1.29, 1.82) is 0 Å². The average Bonchev–Trinajstić information content (AvgIpc) is 2.30. The van der Waals surface area contributed by atoms with E-state index in [1.807, 2.05) is 24.3 Å². The summed E-state index contributed by atoms with van der Waals surface area (Å²) >= 11 is 0. The molecule has 4 heteroatoms. The van der Waals surface area contributed by atoms with Crippen LogP contribution in [0.25, 0.3) is 0 Å². The molecule has 0 heterocycles. The summed E-state index contributed by atoms with van der Waals surface area (Å²) in [6.07, 6.45) is 0. The van der Waals surface area contributed by atoms with Crippen LogP contribution in [0.4, 0.5) is 0 Å². The second-order valence-electron chi connectivity index (χ2n) is 5.07. The Balaban J connectivity index is 2.95. The maximum atomic E-state index is 11.0. The molecule has 3 N–H and O–H groups in total. The van der Waals surface area contributed by atoms with Gasteiger partial charge in [-0.3, -0.25) is 4.79 Å². The molecule has 1 atom stereocenters. The van der Waals surface area contributed by atoms with Gasteiger partial charge in [0.15, 0.2) is 0 Å². The Bertz CT molecular complexity index is 398. The van der Waals surface area contributed by atoms with E-state index in [1.165, 1.54) is 0 Å². The maximum absolute atomic E-state index is 11.0. The van der Waals surface area contributed by atoms with Crippen molar-refractivity contribution in [3.63, 3.8) is 0 Å². The van der Waals surface area contributed by atoms with E-state index in [2.05, 4.69) is 13.8 Å². The number of nitrogens with two attached hydrogens (primary N) is 1. The largest absolute Gasteiger partial charge is 0.481 e. The van der Waals surface area contributed by atoms with Crippen molar-refractivity contribution in [3.05, 3.63) is 35.4 Å². The lowest BCUT2D eigenvalue weighted by Gasteiger charge is -2.24. The summed E-state index contributed by atoms with van der Waals surface area (Å²) in [6.45, 7) is 4.90. The number of carboxylic acids is 1. The predicted octanol–water partition coefficient (Wildman–Crippen LogP) is 1.74. The van der Waals surface area contributed by atoms with E-state index >= 15 is 0 Å². The number of carbonyl (C=O) groups is 1. The first-order chi connectivity index (χ1) is 8.42. The fourth-order valence-electron chi connectivity index (χ4n) is 1.99. The zero-order valence-corrected chi connectivity index (χ0v) is 11.1. The fourth-order valence-corrected chi connectivity index (χ4v) is 1.99. The minimum absolute atomic E-state index is 0.0886. The number of aliphatic carboxylic acids is 1. The highest BCUT2D eigenvalue weighted by molar-refractivity contribution is 5.76. The first kappa shape index (κ1) is 14.7. The van der Waals surface area contributed by atoms with Crippen LogP contribution in [-0.4, -0.2) is 31.3 Å². The topological polar surface area (TPSA) is 72.5 Å². The Hall–Kier alpha value is -1.39. The quantitative estimate of drug-likeness (QED) is 0.807. The van der Waals surface area contributed by atoms with Crippen LogP contribution in [0.3, 0.4) is 0 Å². The summed E-state index contributed by atoms with van der Waals surface area (Å²) in [7, 11) is 1.67. The van der Waals surface area contributed by atoms with Crippen LogP contribution < -0.4 is 5.73 Å². The molecule has 0 saturated carbocycles. The number of hydrogen-bond donors (Lipinski definition) is 2. The van der Waals surface area contributed by atoms with Gasteiger partial charge in [0.25, 0.3) is 0 Å². The van der Waals surface area contributed by atoms with Gasteiger partial charge in [-0.05, 0) is 11.1 Å². The van der Waals surface area contributed by atoms with E-state index in [-0.39, 0.29) is 12.0 Å². The van der Waals surface area contributed by atoms with Crippen LogP contribution in [-0.2, 0) is 14.9 Å². The molecule has 1 aromatic carbocycles. The van der Waals surface area contributed by atoms with Gasteiger partial charge < -0.3 is 15.6 Å². The van der Waals surface area contributed by atoms with Crippen molar-refractivity contribution in [3.8, 4) is 0 Å². The molecule has 0 amide bonds. The molecule has 0 aliphatic carbocycles. The molecule has 4 nitrogen and oxygen atoms in total. The molecule has 1 unspecified atom stereocenters. The van der Waals surface area contributed by atoms with E-state index in [9.17, 15) is 4.79 Å². The molecular weight excluding hydrogens is 230 g/mol. The standard InChI is InChI=1S/C14H21NO3/c1-14(2,9-18-3)11-6-4-10(5-7-11)12(8-15)13(16)17/h4-7,12H,8-9,15H2,1-3H3,(H,16,17). The predicted molar refractivity (Wildman–Crippen MR) is 70.8 cm³/mol. The van der Waals surface area contributed by atoms with Gasteiger partial charge >= 0.3 is 5.97 Å². The first-order valence-electron chi connectivity index (χ1n) is 5.94. The summed E-state index contributed by atoms with van der Waals surface area (Å²) < 4.78 is 5.18. The Morgan fingerprint density at radius 3 is 2.33 bits per heavy atom. The molecule has 0 saturated heterocycles. The van der Waals surface area contributed by atoms with Gasteiger partial charge in [0.2, 0.25) is 0 Å². The summed E-state index contributed by atoms with van der Waals surface area (Å²) in [5, 5.41) is 9.04. The van der Waals surface area contributed by atoms with Crippen LogP contribution in [0, 0.1) is 0 Å². The Kier molecular flexibility index (Phi) is 4.87. The molecule has 0 fully saturated rings. The minimum Gasteiger partial charge on any atom is -0.481 e. The van der Waals surface area contributed by atoms with Crippen LogP contribution in [0.2, 0.25) is 0 Å². The number of rotatable bonds is 6. The van der Waals surface area contributed by atoms with Gasteiger partial charge in [0.1, 0.15) is 0 Å². The van der Waals surface area contributed by atoms with Crippen molar-refractivity contribution in [1.82, 2.24) is 0 Å². The highest BCUT2D eigenvalue weighted by Crippen LogP contribution is 2.25. The molecule has 18 heavy (non-hydrogen) atoms. The van der Waals surface area contributed by atoms with Crippen LogP contribution in [0.1, 0.15) is 30.9 Å². The fraction of sp³-hybridized carbons (Fsp3) is 0.500. The zero-order chi connectivity index (χ0) is 13.8. The van der Waals surface area contributed by atoms with Crippen LogP contribution >= 0.6 is 0 Å². The van der Waals surface area contributed by atoms with E-state index in [4.69, 9.17) is 15.6 Å². The lowest BCUT2D eigenvalue weighted by atomic mass is 9.84. The minimum atomic E-state index is -0.888. The molecule has 1 aromatic rings. The van der Waals surface area contributed by atoms with Crippen molar-refractivity contribution in [2.75, 3.05) is 20.3 Å². The summed E-state index contributed by atoms with van der Waals surface area (Å²) in [4.78, 5) is 11.0. The smallest absolute Gasteiger partial charge is 0.312 e. The highest BCUT2D eigenvalue weighted by Gasteiger charge is 2.22. The molecule has 0 aromatic heterocycles. The third-order valence-electron chi connectivity index (χ3n) is 3.13. The molecule has 0 aliphatic heterocycles. The lowest BCUT2D eigenvalue weighted by Crippen LogP contribution is -2.24. The monoisotopic (exact) mass is 251 g/mol. The first-order valence-corrected chi connectivity index (χ1v) is 5.94. The van der Waals surface area contributed by atoms with Crippen molar-refractivity contribution in [2.24, 2.45) is 5.73 Å². The van der Waals surface area contributed by atoms with Crippen molar-refractivity contribution < 1.29 is 14.6 Å². The summed E-state index contributed by atoms with van der Waals surface area (Å²) in [5.74, 6) is -1.52. The van der Waals surface area contributed by atoms with E-state index in [1.54, 1.807) is 7.11 Å². The maximum Gasteiger partial charge on any atom is 0.312 e. The normalized spacial score (nSPS) is 13.3. The van der Waals surface area contributed by atoms with Crippen LogP contribution in [0.5, 0.6) is 0 Å².